The van der Waals surface area contributed by atoms with Crippen molar-refractivity contribution in [1.29, 1.82) is 0 Å². The van der Waals surface area contributed by atoms with Gasteiger partial charge in [0.25, 0.3) is 0 Å². The molecule has 0 spiro atoms. The lowest BCUT2D eigenvalue weighted by Crippen LogP contribution is -2.41. The Hall–Kier alpha value is -1.77. The number of nitrogens with zero attached hydrogens (tertiary/aromatic N) is 1. The fourth-order valence-electron chi connectivity index (χ4n) is 2.92. The second-order valence-corrected chi connectivity index (χ2v) is 5.80. The zero-order valence-electron chi connectivity index (χ0n) is 12.1. The van der Waals surface area contributed by atoms with Crippen molar-refractivity contribution in [3.05, 3.63) is 36.0 Å². The van der Waals surface area contributed by atoms with E-state index < -0.39 is 0 Å². The Morgan fingerprint density at radius 2 is 2.15 bits per heavy atom. The van der Waals surface area contributed by atoms with Crippen LogP contribution in [-0.4, -0.2) is 28.9 Å². The molecule has 0 aliphatic heterocycles. The molecule has 1 aromatic heterocycles. The van der Waals surface area contributed by atoms with E-state index in [0.717, 1.165) is 12.8 Å². The molecule has 106 valence electrons. The maximum absolute atomic E-state index is 12.1. The van der Waals surface area contributed by atoms with Crippen molar-refractivity contribution < 1.29 is 4.79 Å². The number of hydrogen-bond donors (Lipinski definition) is 1. The summed E-state index contributed by atoms with van der Waals surface area (Å²) >= 11 is 0. The highest BCUT2D eigenvalue weighted by Gasteiger charge is 2.24. The maximum Gasteiger partial charge on any atom is 0.222 e. The van der Waals surface area contributed by atoms with Crippen molar-refractivity contribution in [1.82, 2.24) is 9.88 Å². The van der Waals surface area contributed by atoms with Crippen LogP contribution in [0.4, 0.5) is 0 Å². The molecule has 1 aliphatic rings. The standard InChI is InChI=1S/C17H22N2O/c1-19(14-7-5-8-14)17(20)11-4-6-13-12-18-16-10-3-2-9-15(13)16/h2-3,9-10,12,14,18H,4-8,11H2,1H3. The van der Waals surface area contributed by atoms with Crippen LogP contribution in [0.3, 0.4) is 0 Å². The third-order valence-corrected chi connectivity index (χ3v) is 4.53. The third-order valence-electron chi connectivity index (χ3n) is 4.53. The van der Waals surface area contributed by atoms with Gasteiger partial charge in [0.05, 0.1) is 0 Å². The smallest absolute Gasteiger partial charge is 0.222 e. The summed E-state index contributed by atoms with van der Waals surface area (Å²) in [4.78, 5) is 17.3. The van der Waals surface area contributed by atoms with E-state index in [1.54, 1.807) is 0 Å². The maximum atomic E-state index is 12.1. The number of rotatable bonds is 5. The Balaban J connectivity index is 1.53. The van der Waals surface area contributed by atoms with E-state index in [2.05, 4.69) is 29.4 Å². The number of fused-ring (bicyclic) bond motifs is 1. The summed E-state index contributed by atoms with van der Waals surface area (Å²) in [6.45, 7) is 0. The number of carbonyl (C=O) groups excluding carboxylic acids is 1. The fourth-order valence-corrected chi connectivity index (χ4v) is 2.92. The monoisotopic (exact) mass is 270 g/mol. The van der Waals surface area contributed by atoms with Crippen molar-refractivity contribution in [3.8, 4) is 0 Å². The van der Waals surface area contributed by atoms with Crippen LogP contribution in [0.1, 0.15) is 37.7 Å². The molecular weight excluding hydrogens is 248 g/mol. The first-order valence-corrected chi connectivity index (χ1v) is 7.56. The second kappa shape index (κ2) is 5.70. The van der Waals surface area contributed by atoms with Crippen molar-refractivity contribution >= 4 is 16.8 Å². The van der Waals surface area contributed by atoms with Crippen LogP contribution in [0.25, 0.3) is 10.9 Å². The number of nitrogens with one attached hydrogen (secondary N) is 1. The summed E-state index contributed by atoms with van der Waals surface area (Å²) in [5, 5.41) is 1.28. The summed E-state index contributed by atoms with van der Waals surface area (Å²) in [7, 11) is 1.96. The Morgan fingerprint density at radius 1 is 1.35 bits per heavy atom. The van der Waals surface area contributed by atoms with Crippen LogP contribution in [0.5, 0.6) is 0 Å². The molecule has 1 heterocycles. The SMILES string of the molecule is CN(C(=O)CCCc1c[nH]c2ccccc12)C1CCC1. The van der Waals surface area contributed by atoms with Crippen LogP contribution in [0.15, 0.2) is 30.5 Å². The van der Waals surface area contributed by atoms with Gasteiger partial charge < -0.3 is 9.88 Å². The van der Waals surface area contributed by atoms with Crippen molar-refractivity contribution in [3.63, 3.8) is 0 Å². The van der Waals surface area contributed by atoms with Crippen LogP contribution in [-0.2, 0) is 11.2 Å². The van der Waals surface area contributed by atoms with Gasteiger partial charge in [-0.2, -0.15) is 0 Å². The highest BCUT2D eigenvalue weighted by molar-refractivity contribution is 5.83. The number of aromatic amines is 1. The number of para-hydroxylation sites is 1. The van der Waals surface area contributed by atoms with Crippen LogP contribution in [0, 0.1) is 0 Å². The molecule has 1 aliphatic carbocycles. The Kier molecular flexibility index (Phi) is 3.77. The van der Waals surface area contributed by atoms with Gasteiger partial charge >= 0.3 is 0 Å². The molecule has 1 amide bonds. The van der Waals surface area contributed by atoms with E-state index in [4.69, 9.17) is 0 Å². The normalized spacial score (nSPS) is 15.2. The van der Waals surface area contributed by atoms with Gasteiger partial charge in [-0.15, -0.1) is 0 Å². The van der Waals surface area contributed by atoms with E-state index in [1.165, 1.54) is 35.7 Å². The zero-order valence-corrected chi connectivity index (χ0v) is 12.1. The molecule has 3 nitrogen and oxygen atoms in total. The van der Waals surface area contributed by atoms with Gasteiger partial charge in [0, 0.05) is 36.6 Å². The van der Waals surface area contributed by atoms with Gasteiger partial charge in [-0.25, -0.2) is 0 Å². The van der Waals surface area contributed by atoms with Gasteiger partial charge in [-0.1, -0.05) is 18.2 Å². The molecule has 1 fully saturated rings. The topological polar surface area (TPSA) is 36.1 Å². The Morgan fingerprint density at radius 3 is 2.90 bits per heavy atom. The highest BCUT2D eigenvalue weighted by atomic mass is 16.2. The molecule has 0 unspecified atom stereocenters. The summed E-state index contributed by atoms with van der Waals surface area (Å²) in [6, 6.07) is 8.85. The molecule has 3 heteroatoms. The average molecular weight is 270 g/mol. The number of amides is 1. The number of aromatic nitrogens is 1. The van der Waals surface area contributed by atoms with E-state index in [-0.39, 0.29) is 0 Å². The third kappa shape index (κ3) is 2.58. The molecule has 1 aromatic carbocycles. The first kappa shape index (κ1) is 13.2. The number of aryl methyl sites for hydroxylation is 1. The molecule has 1 saturated carbocycles. The quantitative estimate of drug-likeness (QED) is 0.887. The molecule has 3 rings (SSSR count). The Bertz CT molecular complexity index is 598. The summed E-state index contributed by atoms with van der Waals surface area (Å²) in [5.41, 5.74) is 2.50. The molecule has 0 saturated heterocycles. The summed E-state index contributed by atoms with van der Waals surface area (Å²) < 4.78 is 0. The minimum absolute atomic E-state index is 0.301. The number of carbonyl (C=O) groups is 1. The Labute approximate surface area is 120 Å². The summed E-state index contributed by atoms with van der Waals surface area (Å²) in [6.07, 6.45) is 8.27. The van der Waals surface area contributed by atoms with Gasteiger partial charge in [0.1, 0.15) is 0 Å². The van der Waals surface area contributed by atoms with Gasteiger partial charge in [0.2, 0.25) is 5.91 Å². The molecule has 0 atom stereocenters. The molecule has 20 heavy (non-hydrogen) atoms. The van der Waals surface area contributed by atoms with Gasteiger partial charge in [-0.05, 0) is 43.7 Å². The fraction of sp³-hybridized carbons (Fsp3) is 0.471. The lowest BCUT2D eigenvalue weighted by atomic mass is 9.91. The average Bonchev–Trinajstić information content (AvgIpc) is 2.80. The molecule has 1 N–H and O–H groups in total. The predicted octanol–water partition coefficient (Wildman–Crippen LogP) is 3.50. The lowest BCUT2D eigenvalue weighted by molar-refractivity contribution is -0.133. The van der Waals surface area contributed by atoms with Crippen LogP contribution >= 0.6 is 0 Å². The number of H-pyrrole nitrogens is 1. The van der Waals surface area contributed by atoms with E-state index >= 15 is 0 Å². The minimum Gasteiger partial charge on any atom is -0.361 e. The second-order valence-electron chi connectivity index (χ2n) is 5.80. The van der Waals surface area contributed by atoms with Crippen molar-refractivity contribution in [2.45, 2.75) is 44.6 Å². The summed E-state index contributed by atoms with van der Waals surface area (Å²) in [5.74, 6) is 0.301. The van der Waals surface area contributed by atoms with Crippen LogP contribution < -0.4 is 0 Å². The van der Waals surface area contributed by atoms with Gasteiger partial charge in [0.15, 0.2) is 0 Å². The van der Waals surface area contributed by atoms with E-state index in [9.17, 15) is 4.79 Å². The zero-order chi connectivity index (χ0) is 13.9. The van der Waals surface area contributed by atoms with Crippen molar-refractivity contribution in [2.75, 3.05) is 7.05 Å². The molecule has 0 bridgehead atoms. The largest absolute Gasteiger partial charge is 0.361 e. The molecule has 2 aromatic rings. The number of hydrogen-bond acceptors (Lipinski definition) is 1. The van der Waals surface area contributed by atoms with E-state index in [1.807, 2.05) is 18.0 Å². The van der Waals surface area contributed by atoms with E-state index in [0.29, 0.717) is 18.4 Å². The van der Waals surface area contributed by atoms with Crippen LogP contribution in [0.2, 0.25) is 0 Å². The minimum atomic E-state index is 0.301. The number of benzene rings is 1. The van der Waals surface area contributed by atoms with Crippen molar-refractivity contribution in [2.24, 2.45) is 0 Å². The lowest BCUT2D eigenvalue weighted by Gasteiger charge is -2.34. The molecular formula is C17H22N2O. The first-order chi connectivity index (χ1) is 9.75. The first-order valence-electron chi connectivity index (χ1n) is 7.56. The predicted molar refractivity (Wildman–Crippen MR) is 81.6 cm³/mol. The highest BCUT2D eigenvalue weighted by Crippen LogP contribution is 2.24. The molecule has 0 radical (unpaired) electrons. The van der Waals surface area contributed by atoms with Gasteiger partial charge in [-0.3, -0.25) is 4.79 Å².